The first-order chi connectivity index (χ1) is 9.70. The lowest BCUT2D eigenvalue weighted by molar-refractivity contribution is 0.219. The molecule has 0 aliphatic rings. The topological polar surface area (TPSA) is 42.6 Å². The molecule has 102 valence electrons. The van der Waals surface area contributed by atoms with Crippen LogP contribution in [0.3, 0.4) is 0 Å². The van der Waals surface area contributed by atoms with Gasteiger partial charge in [-0.3, -0.25) is 0 Å². The van der Waals surface area contributed by atoms with Crippen molar-refractivity contribution >= 4 is 11.0 Å². The SMILES string of the molecule is COc1ccc(C(O)c2coc3ccccc23)cc1F. The van der Waals surface area contributed by atoms with Gasteiger partial charge in [-0.1, -0.05) is 24.3 Å². The highest BCUT2D eigenvalue weighted by Crippen LogP contribution is 2.31. The van der Waals surface area contributed by atoms with Gasteiger partial charge < -0.3 is 14.3 Å². The van der Waals surface area contributed by atoms with Crippen molar-refractivity contribution in [2.45, 2.75) is 6.10 Å². The van der Waals surface area contributed by atoms with Crippen molar-refractivity contribution < 1.29 is 18.7 Å². The molecule has 0 bridgehead atoms. The summed E-state index contributed by atoms with van der Waals surface area (Å²) in [4.78, 5) is 0. The molecule has 3 rings (SSSR count). The van der Waals surface area contributed by atoms with Crippen molar-refractivity contribution in [3.8, 4) is 5.75 Å². The van der Waals surface area contributed by atoms with Gasteiger partial charge >= 0.3 is 0 Å². The molecular weight excluding hydrogens is 259 g/mol. The van der Waals surface area contributed by atoms with Gasteiger partial charge in [0, 0.05) is 10.9 Å². The molecule has 0 saturated heterocycles. The lowest BCUT2D eigenvalue weighted by atomic mass is 10.0. The third kappa shape index (κ3) is 2.04. The smallest absolute Gasteiger partial charge is 0.165 e. The van der Waals surface area contributed by atoms with Crippen molar-refractivity contribution in [2.24, 2.45) is 0 Å². The molecule has 0 radical (unpaired) electrons. The number of fused-ring (bicyclic) bond motifs is 1. The Morgan fingerprint density at radius 2 is 2.00 bits per heavy atom. The average Bonchev–Trinajstić information content (AvgIpc) is 2.90. The largest absolute Gasteiger partial charge is 0.494 e. The number of benzene rings is 2. The maximum Gasteiger partial charge on any atom is 0.165 e. The summed E-state index contributed by atoms with van der Waals surface area (Å²) in [5, 5.41) is 11.2. The second-order valence-electron chi connectivity index (χ2n) is 4.48. The number of hydrogen-bond donors (Lipinski definition) is 1. The number of rotatable bonds is 3. The van der Waals surface area contributed by atoms with Crippen LogP contribution in [0.2, 0.25) is 0 Å². The van der Waals surface area contributed by atoms with Crippen LogP contribution in [0.25, 0.3) is 11.0 Å². The van der Waals surface area contributed by atoms with Gasteiger partial charge in [0.1, 0.15) is 11.7 Å². The molecule has 0 saturated carbocycles. The summed E-state index contributed by atoms with van der Waals surface area (Å²) < 4.78 is 24.0. The summed E-state index contributed by atoms with van der Waals surface area (Å²) in [7, 11) is 1.40. The number of aliphatic hydroxyl groups excluding tert-OH is 1. The fraction of sp³-hybridized carbons (Fsp3) is 0.125. The zero-order valence-corrected chi connectivity index (χ0v) is 10.8. The first-order valence-corrected chi connectivity index (χ1v) is 6.18. The maximum absolute atomic E-state index is 13.7. The van der Waals surface area contributed by atoms with Gasteiger partial charge in [0.2, 0.25) is 0 Å². The number of hydrogen-bond acceptors (Lipinski definition) is 3. The molecular formula is C16H13FO3. The monoisotopic (exact) mass is 272 g/mol. The number of para-hydroxylation sites is 1. The van der Waals surface area contributed by atoms with Gasteiger partial charge in [0.15, 0.2) is 11.6 Å². The van der Waals surface area contributed by atoms with E-state index in [1.807, 2.05) is 24.3 Å². The number of halogens is 1. The third-order valence-corrected chi connectivity index (χ3v) is 3.30. The van der Waals surface area contributed by atoms with Crippen LogP contribution in [0.1, 0.15) is 17.2 Å². The Balaban J connectivity index is 2.04. The van der Waals surface area contributed by atoms with Gasteiger partial charge in [-0.15, -0.1) is 0 Å². The van der Waals surface area contributed by atoms with Gasteiger partial charge in [0.25, 0.3) is 0 Å². The van der Waals surface area contributed by atoms with Crippen LogP contribution in [0.4, 0.5) is 4.39 Å². The Kier molecular flexibility index (Phi) is 3.16. The summed E-state index contributed by atoms with van der Waals surface area (Å²) in [5.74, 6) is -0.352. The zero-order valence-electron chi connectivity index (χ0n) is 10.8. The van der Waals surface area contributed by atoms with Gasteiger partial charge in [-0.25, -0.2) is 4.39 Å². The van der Waals surface area contributed by atoms with E-state index in [0.29, 0.717) is 16.7 Å². The van der Waals surface area contributed by atoms with Crippen LogP contribution in [0.15, 0.2) is 53.1 Å². The molecule has 0 aliphatic heterocycles. The van der Waals surface area contributed by atoms with E-state index in [9.17, 15) is 9.50 Å². The Morgan fingerprint density at radius 1 is 1.20 bits per heavy atom. The highest BCUT2D eigenvalue weighted by Gasteiger charge is 2.17. The van der Waals surface area contributed by atoms with Crippen molar-refractivity contribution in [3.05, 3.63) is 65.7 Å². The number of furan rings is 1. The van der Waals surface area contributed by atoms with Crippen LogP contribution in [-0.2, 0) is 0 Å². The van der Waals surface area contributed by atoms with E-state index < -0.39 is 11.9 Å². The summed E-state index contributed by atoms with van der Waals surface area (Å²) in [6.45, 7) is 0. The summed E-state index contributed by atoms with van der Waals surface area (Å²) in [5.41, 5.74) is 1.76. The van der Waals surface area contributed by atoms with E-state index in [2.05, 4.69) is 0 Å². The fourth-order valence-corrected chi connectivity index (χ4v) is 2.24. The van der Waals surface area contributed by atoms with E-state index >= 15 is 0 Å². The summed E-state index contributed by atoms with van der Waals surface area (Å²) in [6.07, 6.45) is 0.552. The fourth-order valence-electron chi connectivity index (χ4n) is 2.24. The quantitative estimate of drug-likeness (QED) is 0.791. The molecule has 0 aliphatic carbocycles. The molecule has 1 aromatic heterocycles. The summed E-state index contributed by atoms with van der Waals surface area (Å²) >= 11 is 0. The Labute approximate surface area is 115 Å². The highest BCUT2D eigenvalue weighted by atomic mass is 19.1. The van der Waals surface area contributed by atoms with Crippen molar-refractivity contribution in [1.29, 1.82) is 0 Å². The number of methoxy groups -OCH3 is 1. The molecule has 0 spiro atoms. The lowest BCUT2D eigenvalue weighted by Crippen LogP contribution is -2.00. The van der Waals surface area contributed by atoms with E-state index in [1.165, 1.54) is 25.5 Å². The Hall–Kier alpha value is -2.33. The molecule has 20 heavy (non-hydrogen) atoms. The van der Waals surface area contributed by atoms with Crippen LogP contribution in [0, 0.1) is 5.82 Å². The average molecular weight is 272 g/mol. The minimum atomic E-state index is -0.945. The standard InChI is InChI=1S/C16H13FO3/c1-19-15-7-6-10(8-13(15)17)16(18)12-9-20-14-5-3-2-4-11(12)14/h2-9,16,18H,1H3. The first-order valence-electron chi connectivity index (χ1n) is 6.18. The van der Waals surface area contributed by atoms with E-state index in [-0.39, 0.29) is 5.75 Å². The molecule has 2 aromatic carbocycles. The van der Waals surface area contributed by atoms with Crippen LogP contribution >= 0.6 is 0 Å². The first kappa shape index (κ1) is 12.7. The van der Waals surface area contributed by atoms with Crippen molar-refractivity contribution in [3.63, 3.8) is 0 Å². The minimum Gasteiger partial charge on any atom is -0.494 e. The molecule has 1 atom stereocenters. The normalized spacial score (nSPS) is 12.6. The molecule has 1 N–H and O–H groups in total. The number of aliphatic hydroxyl groups is 1. The number of ether oxygens (including phenoxy) is 1. The highest BCUT2D eigenvalue weighted by molar-refractivity contribution is 5.81. The molecule has 4 heteroatoms. The van der Waals surface area contributed by atoms with Crippen LogP contribution < -0.4 is 4.74 Å². The molecule has 1 unspecified atom stereocenters. The van der Waals surface area contributed by atoms with Gasteiger partial charge in [-0.05, 0) is 23.8 Å². The van der Waals surface area contributed by atoms with Gasteiger partial charge in [0.05, 0.1) is 13.4 Å². The molecule has 0 amide bonds. The molecule has 3 aromatic rings. The van der Waals surface area contributed by atoms with Crippen LogP contribution in [-0.4, -0.2) is 12.2 Å². The maximum atomic E-state index is 13.7. The van der Waals surface area contributed by atoms with Crippen molar-refractivity contribution in [1.82, 2.24) is 0 Å². The predicted octanol–water partition coefficient (Wildman–Crippen LogP) is 3.66. The lowest BCUT2D eigenvalue weighted by Gasteiger charge is -2.11. The van der Waals surface area contributed by atoms with E-state index in [4.69, 9.17) is 9.15 Å². The van der Waals surface area contributed by atoms with E-state index in [1.54, 1.807) is 6.07 Å². The molecule has 0 fully saturated rings. The predicted molar refractivity (Wildman–Crippen MR) is 73.2 cm³/mol. The Morgan fingerprint density at radius 3 is 2.75 bits per heavy atom. The van der Waals surface area contributed by atoms with Gasteiger partial charge in [-0.2, -0.15) is 0 Å². The molecule has 1 heterocycles. The second kappa shape index (κ2) is 4.98. The third-order valence-electron chi connectivity index (χ3n) is 3.30. The molecule has 3 nitrogen and oxygen atoms in total. The Bertz CT molecular complexity index is 748. The van der Waals surface area contributed by atoms with Crippen molar-refractivity contribution in [2.75, 3.05) is 7.11 Å². The minimum absolute atomic E-state index is 0.151. The van der Waals surface area contributed by atoms with E-state index in [0.717, 1.165) is 5.39 Å². The summed E-state index contributed by atoms with van der Waals surface area (Å²) in [6, 6.07) is 11.8. The zero-order chi connectivity index (χ0) is 14.1. The van der Waals surface area contributed by atoms with Crippen LogP contribution in [0.5, 0.6) is 5.75 Å². The second-order valence-corrected chi connectivity index (χ2v) is 4.48.